The van der Waals surface area contributed by atoms with Crippen molar-refractivity contribution in [2.24, 2.45) is 0 Å². The molecule has 8 aromatic rings. The van der Waals surface area contributed by atoms with Crippen molar-refractivity contribution in [3.63, 3.8) is 0 Å². The first kappa shape index (κ1) is 37.4. The van der Waals surface area contributed by atoms with Gasteiger partial charge >= 0.3 is 0 Å². The second-order valence-electron chi connectivity index (χ2n) is 16.4. The molecule has 64 heavy (non-hydrogen) atoms. The summed E-state index contributed by atoms with van der Waals surface area (Å²) in [6.07, 6.45) is 6.63. The van der Waals surface area contributed by atoms with E-state index in [9.17, 15) is 9.59 Å². The fourth-order valence-corrected chi connectivity index (χ4v) is 9.64. The smallest absolute Gasteiger partial charge is 0.228 e. The van der Waals surface area contributed by atoms with E-state index in [0.29, 0.717) is 29.5 Å². The SMILES string of the molecule is O=C1C2=C(OC(C3=Cc4nc3c(-c3ccccc3)c3ccc([nH]3)c(-c3ccccc3)c3nc(c(-c5ccccc5)c5ccc([nH]5)c4-c4ccccc4)C=C3)CC2)C(=O)c2ccccc21. The highest BCUT2D eigenvalue weighted by molar-refractivity contribution is 6.26. The van der Waals surface area contributed by atoms with Crippen molar-refractivity contribution < 1.29 is 14.3 Å². The lowest BCUT2D eigenvalue weighted by molar-refractivity contribution is 0.0759. The van der Waals surface area contributed by atoms with Gasteiger partial charge in [0.25, 0.3) is 0 Å². The van der Waals surface area contributed by atoms with Crippen LogP contribution >= 0.6 is 0 Å². The number of ketones is 2. The Labute approximate surface area is 368 Å². The Kier molecular flexibility index (Phi) is 8.86. The van der Waals surface area contributed by atoms with Crippen LogP contribution in [0.5, 0.6) is 0 Å². The van der Waals surface area contributed by atoms with Gasteiger partial charge in [-0.3, -0.25) is 9.59 Å². The molecule has 5 aromatic carbocycles. The molecule has 2 N–H and O–H groups in total. The summed E-state index contributed by atoms with van der Waals surface area (Å²) >= 11 is 0. The molecule has 0 saturated carbocycles. The lowest BCUT2D eigenvalue weighted by atomic mass is 9.83. The van der Waals surface area contributed by atoms with Crippen LogP contribution in [-0.2, 0) is 4.74 Å². The summed E-state index contributed by atoms with van der Waals surface area (Å²) in [5.41, 5.74) is 16.4. The van der Waals surface area contributed by atoms with E-state index in [-0.39, 0.29) is 17.3 Å². The summed E-state index contributed by atoms with van der Waals surface area (Å²) in [6, 6.07) is 56.8. The first-order chi connectivity index (χ1) is 31.6. The van der Waals surface area contributed by atoms with Crippen LogP contribution < -0.4 is 0 Å². The molecule has 6 heterocycles. The minimum Gasteiger partial charge on any atom is -0.481 e. The van der Waals surface area contributed by atoms with Gasteiger partial charge in [-0.2, -0.15) is 0 Å². The van der Waals surface area contributed by atoms with E-state index < -0.39 is 6.10 Å². The summed E-state index contributed by atoms with van der Waals surface area (Å²) in [4.78, 5) is 46.7. The van der Waals surface area contributed by atoms with Crippen LogP contribution in [0.3, 0.4) is 0 Å². The molecule has 8 bridgehead atoms. The number of allylic oxidation sites excluding steroid dienone is 2. The zero-order valence-electron chi connectivity index (χ0n) is 34.5. The van der Waals surface area contributed by atoms with Crippen LogP contribution in [0.4, 0.5) is 0 Å². The van der Waals surface area contributed by atoms with Crippen LogP contribution in [0.15, 0.2) is 181 Å². The van der Waals surface area contributed by atoms with E-state index in [2.05, 4.69) is 125 Å². The third-order valence-electron chi connectivity index (χ3n) is 12.6. The average Bonchev–Trinajstić information content (AvgIpc) is 4.20. The van der Waals surface area contributed by atoms with Gasteiger partial charge in [-0.25, -0.2) is 9.97 Å². The standard InChI is InChI=1S/C57H38N4O3/c62-55-38-23-13-14-24-39(38)56(63)57-40(55)25-32-49(64-57)41-33-48-52(36-19-9-3-10-20-36)46-29-28-44(59-46)50(34-15-5-1-6-16-34)42-26-27-43(58-42)51(35-17-7-2-8-18-35)45-30-31-47(60-45)53(54(41)61-48)37-21-11-4-12-22-37/h1-24,26-31,33,49,59-60H,25,32H2. The minimum atomic E-state index is -0.584. The van der Waals surface area contributed by atoms with E-state index in [1.807, 2.05) is 48.5 Å². The number of Topliss-reactive ketones (excluding diaryl/α,β-unsaturated/α-hetero) is 2. The van der Waals surface area contributed by atoms with E-state index in [1.54, 1.807) is 24.3 Å². The van der Waals surface area contributed by atoms with E-state index in [1.165, 1.54) is 0 Å². The monoisotopic (exact) mass is 826 g/mol. The van der Waals surface area contributed by atoms with Crippen LogP contribution in [-0.4, -0.2) is 37.6 Å². The number of rotatable bonds is 5. The zero-order chi connectivity index (χ0) is 42.7. The highest BCUT2D eigenvalue weighted by Crippen LogP contribution is 2.45. The molecule has 0 spiro atoms. The number of nitrogens with zero attached hydrogens (tertiary/aromatic N) is 2. The molecule has 4 aliphatic rings. The summed E-state index contributed by atoms with van der Waals surface area (Å²) in [5.74, 6) is -0.287. The van der Waals surface area contributed by atoms with Crippen molar-refractivity contribution in [3.05, 3.63) is 215 Å². The third-order valence-corrected chi connectivity index (χ3v) is 12.6. The number of carbonyl (C=O) groups excluding carboxylic acids is 2. The maximum Gasteiger partial charge on any atom is 0.228 e. The molecule has 0 saturated heterocycles. The van der Waals surface area contributed by atoms with E-state index >= 15 is 0 Å². The van der Waals surface area contributed by atoms with Gasteiger partial charge < -0.3 is 14.7 Å². The summed E-state index contributed by atoms with van der Waals surface area (Å²) in [5, 5.41) is 0. The summed E-state index contributed by atoms with van der Waals surface area (Å²) in [7, 11) is 0. The van der Waals surface area contributed by atoms with Gasteiger partial charge in [0.1, 0.15) is 6.10 Å². The van der Waals surface area contributed by atoms with Crippen molar-refractivity contribution in [2.75, 3.05) is 0 Å². The molecule has 304 valence electrons. The number of hydrogen-bond donors (Lipinski definition) is 2. The van der Waals surface area contributed by atoms with Crippen molar-refractivity contribution >= 4 is 57.4 Å². The van der Waals surface area contributed by atoms with Crippen LogP contribution in [0.2, 0.25) is 0 Å². The first-order valence-corrected chi connectivity index (χ1v) is 21.6. The molecular formula is C57H38N4O3. The lowest BCUT2D eigenvalue weighted by Gasteiger charge is -2.31. The largest absolute Gasteiger partial charge is 0.481 e. The molecule has 12 rings (SSSR count). The normalized spacial score (nSPS) is 15.4. The number of benzene rings is 5. The number of carbonyl (C=O) groups is 2. The Morgan fingerprint density at radius 1 is 0.453 bits per heavy atom. The van der Waals surface area contributed by atoms with Crippen molar-refractivity contribution in [1.29, 1.82) is 0 Å². The maximum absolute atomic E-state index is 14.2. The summed E-state index contributed by atoms with van der Waals surface area (Å²) in [6.45, 7) is 0. The Morgan fingerprint density at radius 3 is 1.38 bits per heavy atom. The maximum atomic E-state index is 14.2. The molecule has 0 radical (unpaired) electrons. The quantitative estimate of drug-likeness (QED) is 0.180. The number of hydrogen-bond acceptors (Lipinski definition) is 5. The van der Waals surface area contributed by atoms with Crippen LogP contribution in [0, 0.1) is 0 Å². The fraction of sp³-hybridized carbons (Fsp3) is 0.0526. The molecule has 0 amide bonds. The molecule has 0 fully saturated rings. The van der Waals surface area contributed by atoms with Gasteiger partial charge in [-0.15, -0.1) is 0 Å². The topological polar surface area (TPSA) is 101 Å². The number of fused-ring (bicyclic) bond motifs is 9. The van der Waals surface area contributed by atoms with Gasteiger partial charge in [-0.05, 0) is 77.6 Å². The first-order valence-electron chi connectivity index (χ1n) is 21.6. The minimum absolute atomic E-state index is 0.129. The third kappa shape index (κ3) is 6.20. The van der Waals surface area contributed by atoms with Gasteiger partial charge in [0, 0.05) is 66.6 Å². The van der Waals surface area contributed by atoms with Gasteiger partial charge in [0.15, 0.2) is 11.5 Å². The molecule has 1 atom stereocenters. The van der Waals surface area contributed by atoms with Crippen LogP contribution in [0.1, 0.15) is 56.3 Å². The predicted molar refractivity (Wildman–Crippen MR) is 256 cm³/mol. The van der Waals surface area contributed by atoms with E-state index in [0.717, 1.165) is 94.9 Å². The average molecular weight is 827 g/mol. The summed E-state index contributed by atoms with van der Waals surface area (Å²) < 4.78 is 6.82. The predicted octanol–water partition coefficient (Wildman–Crippen LogP) is 13.2. The number of nitrogens with one attached hydrogen (secondary N) is 2. The second kappa shape index (κ2) is 15.2. The van der Waals surface area contributed by atoms with Gasteiger partial charge in [0.2, 0.25) is 5.78 Å². The second-order valence-corrected chi connectivity index (χ2v) is 16.4. The Bertz CT molecular complexity index is 3490. The van der Waals surface area contributed by atoms with Gasteiger partial charge in [0.05, 0.1) is 22.8 Å². The van der Waals surface area contributed by atoms with Crippen molar-refractivity contribution in [2.45, 2.75) is 18.9 Å². The molecular weight excluding hydrogens is 789 g/mol. The number of H-pyrrole nitrogens is 2. The highest BCUT2D eigenvalue weighted by Gasteiger charge is 2.40. The Morgan fingerprint density at radius 2 is 0.875 bits per heavy atom. The Hall–Kier alpha value is -8.42. The van der Waals surface area contributed by atoms with Crippen molar-refractivity contribution in [3.8, 4) is 44.5 Å². The van der Waals surface area contributed by atoms with Gasteiger partial charge in [-0.1, -0.05) is 146 Å². The van der Waals surface area contributed by atoms with E-state index in [4.69, 9.17) is 14.7 Å². The lowest BCUT2D eigenvalue weighted by Crippen LogP contribution is -2.31. The Balaban J connectivity index is 1.20. The number of ether oxygens (including phenoxy) is 1. The zero-order valence-corrected chi connectivity index (χ0v) is 34.5. The van der Waals surface area contributed by atoms with Crippen molar-refractivity contribution in [1.82, 2.24) is 19.9 Å². The fourth-order valence-electron chi connectivity index (χ4n) is 9.64. The molecule has 7 nitrogen and oxygen atoms in total. The molecule has 1 unspecified atom stereocenters. The molecule has 3 aliphatic heterocycles. The highest BCUT2D eigenvalue weighted by atomic mass is 16.5. The number of aromatic nitrogens is 4. The molecule has 7 heteroatoms. The van der Waals surface area contributed by atoms with Crippen LogP contribution in [0.25, 0.3) is 90.4 Å². The molecule has 1 aliphatic carbocycles. The molecule has 3 aromatic heterocycles. The number of aromatic amines is 2.